The third-order valence-corrected chi connectivity index (χ3v) is 4.75. The molecule has 2 aromatic heterocycles. The van der Waals surface area contributed by atoms with Crippen LogP contribution in [0, 0.1) is 0 Å². The molecule has 1 aliphatic rings. The van der Waals surface area contributed by atoms with Crippen LogP contribution in [0.5, 0.6) is 0 Å². The molecular weight excluding hydrogens is 498 g/mol. The van der Waals surface area contributed by atoms with E-state index in [1.165, 1.54) is 11.4 Å². The van der Waals surface area contributed by atoms with Crippen molar-refractivity contribution in [3.8, 4) is 11.4 Å². The summed E-state index contributed by atoms with van der Waals surface area (Å²) in [7, 11) is -12.2. The van der Waals surface area contributed by atoms with Gasteiger partial charge in [0.05, 0.1) is 6.61 Å². The lowest BCUT2D eigenvalue weighted by Crippen LogP contribution is -2.53. The van der Waals surface area contributed by atoms with Gasteiger partial charge < -0.3 is 14.2 Å². The molecule has 0 saturated heterocycles. The van der Waals surface area contributed by atoms with Gasteiger partial charge in [0.25, 0.3) is 11.4 Å². The maximum absolute atomic E-state index is 10.7. The van der Waals surface area contributed by atoms with Crippen molar-refractivity contribution in [2.24, 2.45) is 0 Å². The number of pyridine rings is 2. The number of hydrogen-bond donors (Lipinski definition) is 1. The number of aliphatic hydroxyl groups is 1. The number of nitrogens with zero attached hydrogens (tertiary/aromatic N) is 2. The van der Waals surface area contributed by atoms with Gasteiger partial charge in [0.2, 0.25) is 13.1 Å². The van der Waals surface area contributed by atoms with Crippen LogP contribution >= 0.6 is 0 Å². The average molecular weight is 512 g/mol. The lowest BCUT2D eigenvalue weighted by atomic mass is 10.1. The molecule has 0 fully saturated rings. The second-order valence-electron chi connectivity index (χ2n) is 5.85. The van der Waals surface area contributed by atoms with Gasteiger partial charge in [-0.05, 0) is 12.1 Å². The molecular formula is C15H14F6N2O7S2. The summed E-state index contributed by atoms with van der Waals surface area (Å²) in [5.74, 6) is 0. The number of aliphatic hydroxyl groups excluding tert-OH is 1. The molecule has 0 aliphatic carbocycles. The zero-order valence-electron chi connectivity index (χ0n) is 15.5. The fourth-order valence-corrected chi connectivity index (χ4v) is 2.22. The van der Waals surface area contributed by atoms with E-state index in [1.54, 1.807) is 0 Å². The fourth-order valence-electron chi connectivity index (χ4n) is 2.22. The summed E-state index contributed by atoms with van der Waals surface area (Å²) < 4.78 is 122. The first-order valence-corrected chi connectivity index (χ1v) is 10.9. The predicted molar refractivity (Wildman–Crippen MR) is 89.7 cm³/mol. The van der Waals surface area contributed by atoms with E-state index in [0.717, 1.165) is 18.7 Å². The van der Waals surface area contributed by atoms with E-state index in [0.29, 0.717) is 0 Å². The number of halogens is 6. The van der Waals surface area contributed by atoms with Crippen molar-refractivity contribution in [3.63, 3.8) is 0 Å². The van der Waals surface area contributed by atoms with Crippen LogP contribution in [-0.2, 0) is 39.9 Å². The molecule has 1 aliphatic heterocycles. The van der Waals surface area contributed by atoms with Gasteiger partial charge in [0.15, 0.2) is 32.6 Å². The molecule has 0 amide bonds. The molecule has 0 atom stereocenters. The van der Waals surface area contributed by atoms with Gasteiger partial charge >= 0.3 is 11.0 Å². The van der Waals surface area contributed by atoms with Crippen molar-refractivity contribution in [3.05, 3.63) is 48.3 Å². The lowest BCUT2D eigenvalue weighted by molar-refractivity contribution is -0.795. The van der Waals surface area contributed by atoms with Crippen LogP contribution in [0.3, 0.4) is 0 Å². The Morgan fingerprint density at radius 2 is 1.25 bits per heavy atom. The summed E-state index contributed by atoms with van der Waals surface area (Å²) >= 11 is 0. The number of fused-ring (bicyclic) bond motifs is 3. The van der Waals surface area contributed by atoms with Crippen LogP contribution in [0.1, 0.15) is 5.56 Å². The summed E-state index contributed by atoms with van der Waals surface area (Å²) in [5.41, 5.74) is -7.88. The third kappa shape index (κ3) is 7.66. The van der Waals surface area contributed by atoms with Crippen molar-refractivity contribution in [1.82, 2.24) is 0 Å². The topological polar surface area (TPSA) is 142 Å². The highest BCUT2D eigenvalue weighted by atomic mass is 32.2. The van der Waals surface area contributed by atoms with Gasteiger partial charge in [-0.25, -0.2) is 16.8 Å². The molecule has 17 heteroatoms. The zero-order valence-corrected chi connectivity index (χ0v) is 17.2. The Morgan fingerprint density at radius 1 is 0.812 bits per heavy atom. The normalized spacial score (nSPS) is 13.5. The Kier molecular flexibility index (Phi) is 8.72. The molecule has 0 unspecified atom stereocenters. The lowest BCUT2D eigenvalue weighted by Gasteiger charge is -2.09. The summed E-state index contributed by atoms with van der Waals surface area (Å²) in [6, 6.07) is 10.3. The van der Waals surface area contributed by atoms with Gasteiger partial charge in [-0.2, -0.15) is 35.5 Å². The Hall–Kier alpha value is -2.34. The third-order valence-electron chi connectivity index (χ3n) is 3.62. The van der Waals surface area contributed by atoms with Crippen LogP contribution in [0.4, 0.5) is 26.3 Å². The molecule has 9 nitrogen and oxygen atoms in total. The highest BCUT2D eigenvalue weighted by molar-refractivity contribution is 7.86. The van der Waals surface area contributed by atoms with Gasteiger partial charge in [-0.1, -0.05) is 0 Å². The van der Waals surface area contributed by atoms with Crippen LogP contribution < -0.4 is 9.13 Å². The zero-order chi connectivity index (χ0) is 25.0. The van der Waals surface area contributed by atoms with Crippen molar-refractivity contribution < 1.29 is 66.5 Å². The molecule has 0 spiro atoms. The van der Waals surface area contributed by atoms with E-state index >= 15 is 0 Å². The Morgan fingerprint density at radius 3 is 1.69 bits per heavy atom. The van der Waals surface area contributed by atoms with E-state index in [9.17, 15) is 26.3 Å². The Bertz CT molecular complexity index is 1110. The molecule has 3 rings (SSSR count). The molecule has 0 aromatic carbocycles. The number of aryl methyl sites for hydroxylation is 2. The number of hydrogen-bond acceptors (Lipinski definition) is 7. The highest BCUT2D eigenvalue weighted by Gasteiger charge is 2.37. The quantitative estimate of drug-likeness (QED) is 0.254. The first-order chi connectivity index (χ1) is 14.4. The molecule has 0 radical (unpaired) electrons. The number of rotatable bonds is 1. The highest BCUT2D eigenvalue weighted by Crippen LogP contribution is 2.21. The average Bonchev–Trinajstić information content (AvgIpc) is 2.65. The number of aromatic nitrogens is 2. The Labute approximate surface area is 177 Å². The summed E-state index contributed by atoms with van der Waals surface area (Å²) in [5, 5.41) is 9.12. The van der Waals surface area contributed by atoms with Gasteiger partial charge in [-0.3, -0.25) is 0 Å². The molecule has 0 bridgehead atoms. The first kappa shape index (κ1) is 27.7. The van der Waals surface area contributed by atoms with Crippen molar-refractivity contribution >= 4 is 20.2 Å². The van der Waals surface area contributed by atoms with E-state index in [4.69, 9.17) is 31.0 Å². The minimum absolute atomic E-state index is 0.106. The maximum Gasteiger partial charge on any atom is 0.485 e. The van der Waals surface area contributed by atoms with E-state index in [-0.39, 0.29) is 6.61 Å². The second kappa shape index (κ2) is 10.1. The molecule has 3 heterocycles. The SMILES string of the molecule is O=S(=O)([O-])C(F)(F)F.O=S(=O)([O-])C(F)(F)F.OCc1ccc2[n+](c1)CC[n+]1ccccc1-2. The van der Waals surface area contributed by atoms with Crippen LogP contribution in [0.15, 0.2) is 42.7 Å². The standard InChI is InChI=1S/C13H14N2O.2CHF3O3S/c16-10-11-4-5-13-12-3-1-2-6-14(12)7-8-15(13)9-11;2*2-1(3,4)8(5,6)7/h1-6,9,16H,7-8,10H2;2*(H,5,6,7)/q+2;;/p-2. The van der Waals surface area contributed by atoms with Gasteiger partial charge in [0, 0.05) is 23.8 Å². The monoisotopic (exact) mass is 512 g/mol. The summed E-state index contributed by atoms with van der Waals surface area (Å²) in [6.45, 7) is 2.06. The maximum atomic E-state index is 10.7. The van der Waals surface area contributed by atoms with Crippen molar-refractivity contribution in [2.75, 3.05) is 0 Å². The summed E-state index contributed by atoms with van der Waals surface area (Å²) in [6.07, 6.45) is 4.14. The molecule has 0 saturated carbocycles. The second-order valence-corrected chi connectivity index (χ2v) is 8.60. The van der Waals surface area contributed by atoms with Crippen LogP contribution in [0.25, 0.3) is 11.4 Å². The van der Waals surface area contributed by atoms with Crippen molar-refractivity contribution in [1.29, 1.82) is 0 Å². The molecule has 180 valence electrons. The predicted octanol–water partition coefficient (Wildman–Crippen LogP) is 0.537. The Balaban J connectivity index is 0.000000273. The first-order valence-electron chi connectivity index (χ1n) is 8.05. The molecule has 2 aromatic rings. The van der Waals surface area contributed by atoms with Crippen LogP contribution in [-0.4, -0.2) is 42.1 Å². The largest absolute Gasteiger partial charge is 0.741 e. The van der Waals surface area contributed by atoms with Gasteiger partial charge in [0.1, 0.15) is 0 Å². The van der Waals surface area contributed by atoms with Crippen molar-refractivity contribution in [2.45, 2.75) is 30.7 Å². The van der Waals surface area contributed by atoms with E-state index < -0.39 is 31.3 Å². The smallest absolute Gasteiger partial charge is 0.485 e. The fraction of sp³-hybridized carbons (Fsp3) is 0.333. The minimum atomic E-state index is -6.09. The van der Waals surface area contributed by atoms with E-state index in [2.05, 4.69) is 39.6 Å². The van der Waals surface area contributed by atoms with E-state index in [1.807, 2.05) is 12.3 Å². The minimum Gasteiger partial charge on any atom is -0.741 e. The molecule has 32 heavy (non-hydrogen) atoms. The number of alkyl halides is 6. The van der Waals surface area contributed by atoms with Crippen LogP contribution in [0.2, 0.25) is 0 Å². The molecule has 1 N–H and O–H groups in total. The summed E-state index contributed by atoms with van der Waals surface area (Å²) in [4.78, 5) is 0. The van der Waals surface area contributed by atoms with Gasteiger partial charge in [-0.15, -0.1) is 0 Å².